The van der Waals surface area contributed by atoms with Gasteiger partial charge in [0.25, 0.3) is 0 Å². The van der Waals surface area contributed by atoms with Crippen LogP contribution in [0.5, 0.6) is 0 Å². The van der Waals surface area contributed by atoms with Crippen LogP contribution in [0.4, 0.5) is 11.4 Å². The van der Waals surface area contributed by atoms with E-state index in [9.17, 15) is 0 Å². The molecule has 0 amide bonds. The van der Waals surface area contributed by atoms with Crippen molar-refractivity contribution < 1.29 is 0 Å². The van der Waals surface area contributed by atoms with Gasteiger partial charge >= 0.3 is 0 Å². The summed E-state index contributed by atoms with van der Waals surface area (Å²) in [6, 6.07) is 76.5. The first-order valence-corrected chi connectivity index (χ1v) is 24.3. The van der Waals surface area contributed by atoms with Crippen LogP contribution in [0.3, 0.4) is 0 Å². The molecule has 2 radical (unpaired) electrons. The summed E-state index contributed by atoms with van der Waals surface area (Å²) in [7, 11) is 0. The van der Waals surface area contributed by atoms with Crippen molar-refractivity contribution in [2.45, 2.75) is 89.9 Å². The third-order valence-corrected chi connectivity index (χ3v) is 14.0. The van der Waals surface area contributed by atoms with E-state index in [2.05, 4.69) is 291 Å². The summed E-state index contributed by atoms with van der Waals surface area (Å²) in [5, 5.41) is 0. The molecule has 0 fully saturated rings. The number of anilines is 2. The number of hydrogen-bond acceptors (Lipinski definition) is 2. The Morgan fingerprint density at radius 3 is 0.657 bits per heavy atom. The summed E-state index contributed by atoms with van der Waals surface area (Å²) >= 11 is 0. The van der Waals surface area contributed by atoms with E-state index >= 15 is 0 Å². The summed E-state index contributed by atoms with van der Waals surface area (Å²) < 4.78 is 0. The van der Waals surface area contributed by atoms with Crippen molar-refractivity contribution in [2.24, 2.45) is 0 Å². The van der Waals surface area contributed by atoms with E-state index < -0.39 is 10.8 Å². The largest absolute Gasteiger partial charge is 0.315 e. The fourth-order valence-electron chi connectivity index (χ4n) is 10.8. The highest BCUT2D eigenvalue weighted by molar-refractivity contribution is 5.76. The average molecular weight is 873 g/mol. The minimum Gasteiger partial charge on any atom is -0.315 e. The minimum absolute atomic E-state index is 0.232. The summed E-state index contributed by atoms with van der Waals surface area (Å²) in [4.78, 5) is 4.57. The van der Waals surface area contributed by atoms with Crippen LogP contribution < -0.4 is 9.80 Å². The maximum atomic E-state index is 3.97. The first-order chi connectivity index (χ1) is 32.6. The molecule has 0 N–H and O–H groups in total. The molecule has 8 aromatic rings. The van der Waals surface area contributed by atoms with E-state index in [-0.39, 0.29) is 23.7 Å². The third kappa shape index (κ3) is 8.11. The van der Waals surface area contributed by atoms with Crippen molar-refractivity contribution in [3.8, 4) is 0 Å². The molecule has 0 aromatic heterocycles. The molecule has 334 valence electrons. The van der Waals surface area contributed by atoms with Crippen molar-refractivity contribution in [3.05, 3.63) is 292 Å². The number of rotatable bonds is 14. The Hall–Kier alpha value is -6.90. The molecule has 2 nitrogen and oxygen atoms in total. The van der Waals surface area contributed by atoms with E-state index in [1.807, 2.05) is 0 Å². The van der Waals surface area contributed by atoms with Gasteiger partial charge in [-0.05, 0) is 90.4 Å². The second kappa shape index (κ2) is 19.1. The second-order valence-electron chi connectivity index (χ2n) is 19.5. The van der Waals surface area contributed by atoms with Crippen molar-refractivity contribution in [3.63, 3.8) is 0 Å². The molecule has 0 spiro atoms. The van der Waals surface area contributed by atoms with Gasteiger partial charge in [-0.3, -0.25) is 0 Å². The molecule has 0 aliphatic carbocycles. The Balaban J connectivity index is 1.22. The molecular formula is C65H64N2. The maximum absolute atomic E-state index is 3.97. The van der Waals surface area contributed by atoms with Crippen LogP contribution in [0.15, 0.2) is 219 Å². The smallest absolute Gasteiger partial charge is 0.217 e. The van der Waals surface area contributed by atoms with Crippen LogP contribution in [0, 0.1) is 6.67 Å². The molecule has 1 aliphatic rings. The highest BCUT2D eigenvalue weighted by atomic mass is 15.3. The Morgan fingerprint density at radius 1 is 0.284 bits per heavy atom. The highest BCUT2D eigenvalue weighted by Crippen LogP contribution is 2.52. The number of benzene rings is 8. The molecule has 0 atom stereocenters. The van der Waals surface area contributed by atoms with Crippen LogP contribution in [0.25, 0.3) is 0 Å². The fraction of sp³-hybridized carbons (Fsp3) is 0.215. The third-order valence-electron chi connectivity index (χ3n) is 14.0. The van der Waals surface area contributed by atoms with Crippen LogP contribution in [-0.2, 0) is 10.8 Å². The summed E-state index contributed by atoms with van der Waals surface area (Å²) in [6.45, 7) is 22.7. The lowest BCUT2D eigenvalue weighted by Gasteiger charge is -2.39. The second-order valence-corrected chi connectivity index (χ2v) is 19.5. The first-order valence-electron chi connectivity index (χ1n) is 24.3. The predicted molar refractivity (Wildman–Crippen MR) is 283 cm³/mol. The zero-order valence-corrected chi connectivity index (χ0v) is 40.5. The highest BCUT2D eigenvalue weighted by Gasteiger charge is 2.42. The normalized spacial score (nSPS) is 13.1. The maximum Gasteiger partial charge on any atom is 0.217 e. The lowest BCUT2D eigenvalue weighted by Crippen LogP contribution is -2.32. The SMILES string of the molecule is CC(C)c1cc(C(c2ccccc2)(c2ccccc2)c2ccccc2)cc(C(C)C)c1N1[C]N(c2c(C(C)C)cc(C(c3ccccc3)(c3ccccc3)c3ccccc3)cc2C(C)C)C=C1. The average Bonchev–Trinajstić information content (AvgIpc) is 3.85. The number of hydrogen-bond donors (Lipinski definition) is 0. The van der Waals surface area contributed by atoms with E-state index in [1.165, 1.54) is 78.1 Å². The topological polar surface area (TPSA) is 6.48 Å². The molecule has 1 aliphatic heterocycles. The molecule has 0 saturated carbocycles. The van der Waals surface area contributed by atoms with Gasteiger partial charge in [0.05, 0.1) is 22.2 Å². The van der Waals surface area contributed by atoms with Gasteiger partial charge in [0.15, 0.2) is 0 Å². The quantitative estimate of drug-likeness (QED) is 0.100. The number of nitrogens with zero attached hydrogens (tertiary/aromatic N) is 2. The van der Waals surface area contributed by atoms with Crippen molar-refractivity contribution in [1.82, 2.24) is 0 Å². The lowest BCUT2D eigenvalue weighted by molar-refractivity contribution is 0.729. The molecule has 0 saturated heterocycles. The molecule has 8 aromatic carbocycles. The van der Waals surface area contributed by atoms with Crippen molar-refractivity contribution in [2.75, 3.05) is 9.80 Å². The molecular weight excluding hydrogens is 809 g/mol. The fourth-order valence-corrected chi connectivity index (χ4v) is 10.8. The standard InChI is InChI=1S/C65H64N2/c1-46(2)58-41-56(64(50-27-15-9-16-28-50,51-29-17-10-18-30-51)52-31-19-11-20-32-52)42-59(47(3)4)62(58)66-39-40-67(45-66)63-60(48(5)6)43-57(44-61(63)49(7)8)65(53-33-21-12-22-34-53,54-35-23-13-24-36-54)55-37-25-14-26-38-55/h9-44,46-49H,1-8H3. The van der Waals surface area contributed by atoms with Gasteiger partial charge in [0, 0.05) is 12.4 Å². The van der Waals surface area contributed by atoms with Crippen LogP contribution in [-0.4, -0.2) is 0 Å². The Bertz CT molecular complexity index is 2460. The molecule has 67 heavy (non-hydrogen) atoms. The van der Waals surface area contributed by atoms with Crippen LogP contribution >= 0.6 is 0 Å². The van der Waals surface area contributed by atoms with Crippen molar-refractivity contribution >= 4 is 11.4 Å². The summed E-state index contributed by atoms with van der Waals surface area (Å²) in [6.07, 6.45) is 4.46. The summed E-state index contributed by atoms with van der Waals surface area (Å²) in [5.41, 5.74) is 16.5. The molecule has 9 rings (SSSR count). The van der Waals surface area contributed by atoms with Crippen LogP contribution in [0.1, 0.15) is 146 Å². The van der Waals surface area contributed by atoms with Gasteiger partial charge in [0.1, 0.15) is 0 Å². The Morgan fingerprint density at radius 2 is 0.478 bits per heavy atom. The Labute approximate surface area is 401 Å². The zero-order valence-electron chi connectivity index (χ0n) is 40.5. The van der Waals surface area contributed by atoms with E-state index in [4.69, 9.17) is 0 Å². The minimum atomic E-state index is -0.551. The molecule has 1 heterocycles. The molecule has 0 bridgehead atoms. The monoisotopic (exact) mass is 873 g/mol. The zero-order chi connectivity index (χ0) is 46.7. The van der Waals surface area contributed by atoms with Gasteiger partial charge < -0.3 is 9.80 Å². The van der Waals surface area contributed by atoms with Gasteiger partial charge in [-0.2, -0.15) is 0 Å². The van der Waals surface area contributed by atoms with E-state index in [0.29, 0.717) is 0 Å². The van der Waals surface area contributed by atoms with Crippen molar-refractivity contribution in [1.29, 1.82) is 0 Å². The summed E-state index contributed by atoms with van der Waals surface area (Å²) in [5.74, 6) is 0.928. The van der Waals surface area contributed by atoms with Gasteiger partial charge in [-0.25, -0.2) is 0 Å². The molecule has 0 unspecified atom stereocenters. The Kier molecular flexibility index (Phi) is 12.9. The van der Waals surface area contributed by atoms with E-state index in [1.54, 1.807) is 0 Å². The van der Waals surface area contributed by atoms with Crippen LogP contribution in [0.2, 0.25) is 0 Å². The van der Waals surface area contributed by atoms with Gasteiger partial charge in [-0.15, -0.1) is 0 Å². The molecule has 2 heteroatoms. The predicted octanol–water partition coefficient (Wildman–Crippen LogP) is 16.7. The first kappa shape index (κ1) is 45.3. The van der Waals surface area contributed by atoms with E-state index in [0.717, 1.165) is 0 Å². The van der Waals surface area contributed by atoms with Gasteiger partial charge in [0.2, 0.25) is 6.67 Å². The van der Waals surface area contributed by atoms with Gasteiger partial charge in [-0.1, -0.05) is 262 Å². The lowest BCUT2D eigenvalue weighted by atomic mass is 9.64.